The first-order chi connectivity index (χ1) is 5.14. The van der Waals surface area contributed by atoms with Gasteiger partial charge in [0, 0.05) is 0 Å². The molecule has 0 aliphatic heterocycles. The maximum atomic E-state index is 9.63. The molecule has 2 rings (SSSR count). The maximum Gasteiger partial charge on any atom is 0.0574 e. The van der Waals surface area contributed by atoms with Crippen LogP contribution in [0.2, 0.25) is 0 Å². The molecular weight excluding hydrogens is 136 g/mol. The monoisotopic (exact) mass is 154 g/mol. The number of aliphatic hydroxyl groups is 1. The molecule has 0 aromatic rings. The maximum absolute atomic E-state index is 9.63. The summed E-state index contributed by atoms with van der Waals surface area (Å²) >= 11 is 0. The Balaban J connectivity index is 2.17. The highest BCUT2D eigenvalue weighted by atomic mass is 16.3. The third-order valence-corrected chi connectivity index (χ3v) is 4.07. The van der Waals surface area contributed by atoms with Crippen molar-refractivity contribution in [1.82, 2.24) is 0 Å². The Morgan fingerprint density at radius 3 is 2.36 bits per heavy atom. The van der Waals surface area contributed by atoms with E-state index in [0.29, 0.717) is 11.3 Å². The second-order valence-corrected chi connectivity index (χ2v) is 4.79. The molecule has 0 amide bonds. The van der Waals surface area contributed by atoms with Crippen molar-refractivity contribution >= 4 is 0 Å². The molecule has 3 atom stereocenters. The molecule has 3 unspecified atom stereocenters. The van der Waals surface area contributed by atoms with E-state index in [4.69, 9.17) is 0 Å². The van der Waals surface area contributed by atoms with Crippen LogP contribution in [-0.2, 0) is 0 Å². The van der Waals surface area contributed by atoms with Crippen LogP contribution in [0, 0.1) is 17.3 Å². The smallest absolute Gasteiger partial charge is 0.0574 e. The Morgan fingerprint density at radius 1 is 1.36 bits per heavy atom. The zero-order chi connectivity index (χ0) is 8.06. The minimum Gasteiger partial charge on any atom is -0.393 e. The quantitative estimate of drug-likeness (QED) is 0.614. The van der Waals surface area contributed by atoms with Gasteiger partial charge in [0.2, 0.25) is 0 Å². The Hall–Kier alpha value is -0.0400. The van der Waals surface area contributed by atoms with Gasteiger partial charge in [-0.05, 0) is 42.9 Å². The summed E-state index contributed by atoms with van der Waals surface area (Å²) in [4.78, 5) is 0. The summed E-state index contributed by atoms with van der Waals surface area (Å²) in [5.41, 5.74) is 0.532. The van der Waals surface area contributed by atoms with Crippen LogP contribution in [0.5, 0.6) is 0 Å². The van der Waals surface area contributed by atoms with Crippen LogP contribution in [0.4, 0.5) is 0 Å². The molecule has 2 aliphatic carbocycles. The second kappa shape index (κ2) is 2.22. The third-order valence-electron chi connectivity index (χ3n) is 4.07. The number of hydrogen-bond donors (Lipinski definition) is 1. The van der Waals surface area contributed by atoms with E-state index < -0.39 is 0 Å². The lowest BCUT2D eigenvalue weighted by Gasteiger charge is -2.32. The molecule has 0 heterocycles. The van der Waals surface area contributed by atoms with Gasteiger partial charge in [-0.1, -0.05) is 13.8 Å². The number of fused-ring (bicyclic) bond motifs is 2. The Morgan fingerprint density at radius 2 is 2.09 bits per heavy atom. The normalized spacial score (nSPS) is 49.1. The summed E-state index contributed by atoms with van der Waals surface area (Å²) in [6.45, 7) is 4.61. The van der Waals surface area contributed by atoms with E-state index in [2.05, 4.69) is 13.8 Å². The van der Waals surface area contributed by atoms with Crippen LogP contribution >= 0.6 is 0 Å². The van der Waals surface area contributed by atoms with Crippen molar-refractivity contribution < 1.29 is 5.11 Å². The van der Waals surface area contributed by atoms with Crippen LogP contribution in [0.15, 0.2) is 0 Å². The first kappa shape index (κ1) is 7.60. The summed E-state index contributed by atoms with van der Waals surface area (Å²) < 4.78 is 0. The van der Waals surface area contributed by atoms with E-state index in [9.17, 15) is 5.11 Å². The molecule has 2 saturated carbocycles. The molecule has 11 heavy (non-hydrogen) atoms. The van der Waals surface area contributed by atoms with Crippen molar-refractivity contribution in [3.8, 4) is 0 Å². The minimum atomic E-state index is 0.0335. The predicted octanol–water partition coefficient (Wildman–Crippen LogP) is 2.19. The lowest BCUT2D eigenvalue weighted by atomic mass is 9.74. The summed E-state index contributed by atoms with van der Waals surface area (Å²) in [6.07, 6.45) is 5.05. The number of rotatable bonds is 1. The second-order valence-electron chi connectivity index (χ2n) is 4.79. The Bertz CT molecular complexity index is 160. The van der Waals surface area contributed by atoms with Crippen molar-refractivity contribution in [2.75, 3.05) is 0 Å². The highest BCUT2D eigenvalue weighted by molar-refractivity contribution is 5.01. The van der Waals surface area contributed by atoms with E-state index in [1.165, 1.54) is 19.3 Å². The highest BCUT2D eigenvalue weighted by Crippen LogP contribution is 2.57. The van der Waals surface area contributed by atoms with E-state index >= 15 is 0 Å². The van der Waals surface area contributed by atoms with Gasteiger partial charge in [-0.2, -0.15) is 0 Å². The van der Waals surface area contributed by atoms with Gasteiger partial charge in [-0.25, -0.2) is 0 Å². The van der Waals surface area contributed by atoms with Crippen LogP contribution in [-0.4, -0.2) is 11.2 Å². The van der Waals surface area contributed by atoms with Crippen molar-refractivity contribution in [2.45, 2.75) is 45.6 Å². The van der Waals surface area contributed by atoms with E-state index in [1.54, 1.807) is 0 Å². The molecule has 2 bridgehead atoms. The van der Waals surface area contributed by atoms with E-state index in [-0.39, 0.29) is 6.10 Å². The summed E-state index contributed by atoms with van der Waals surface area (Å²) in [7, 11) is 0. The molecule has 0 saturated heterocycles. The fourth-order valence-corrected chi connectivity index (χ4v) is 3.06. The van der Waals surface area contributed by atoms with E-state index in [1.807, 2.05) is 0 Å². The van der Waals surface area contributed by atoms with Gasteiger partial charge >= 0.3 is 0 Å². The molecule has 64 valence electrons. The average Bonchev–Trinajstić information content (AvgIpc) is 2.44. The van der Waals surface area contributed by atoms with Crippen molar-refractivity contribution in [2.24, 2.45) is 17.3 Å². The molecular formula is C10H18O. The fraction of sp³-hybridized carbons (Fsp3) is 1.00. The Labute approximate surface area is 68.8 Å². The first-order valence-corrected chi connectivity index (χ1v) is 4.82. The zero-order valence-corrected chi connectivity index (χ0v) is 7.51. The molecule has 0 radical (unpaired) electrons. The SMILES string of the molecule is CC(C)C12CCC(C1)C(O)C2. The van der Waals surface area contributed by atoms with Crippen molar-refractivity contribution in [1.29, 1.82) is 0 Å². The molecule has 1 nitrogen and oxygen atoms in total. The third kappa shape index (κ3) is 0.936. The fourth-order valence-electron chi connectivity index (χ4n) is 3.06. The lowest BCUT2D eigenvalue weighted by Crippen LogP contribution is -2.25. The summed E-state index contributed by atoms with van der Waals surface area (Å²) in [5, 5.41) is 9.63. The number of aliphatic hydroxyl groups excluding tert-OH is 1. The first-order valence-electron chi connectivity index (χ1n) is 4.82. The molecule has 2 fully saturated rings. The van der Waals surface area contributed by atoms with Gasteiger partial charge < -0.3 is 5.11 Å². The van der Waals surface area contributed by atoms with Crippen molar-refractivity contribution in [3.63, 3.8) is 0 Å². The molecule has 2 aliphatic rings. The minimum absolute atomic E-state index is 0.0335. The number of hydrogen-bond acceptors (Lipinski definition) is 1. The van der Waals surface area contributed by atoms with Crippen LogP contribution in [0.25, 0.3) is 0 Å². The topological polar surface area (TPSA) is 20.2 Å². The van der Waals surface area contributed by atoms with Crippen LogP contribution < -0.4 is 0 Å². The summed E-state index contributed by atoms with van der Waals surface area (Å²) in [6, 6.07) is 0. The molecule has 0 spiro atoms. The standard InChI is InChI=1S/C10H18O/c1-7(2)10-4-3-8(5-10)9(11)6-10/h7-9,11H,3-6H2,1-2H3. The molecule has 1 N–H and O–H groups in total. The summed E-state index contributed by atoms with van der Waals surface area (Å²) in [5.74, 6) is 1.42. The Kier molecular flexibility index (Phi) is 1.54. The molecule has 0 aromatic heterocycles. The predicted molar refractivity (Wildman–Crippen MR) is 45.2 cm³/mol. The van der Waals surface area contributed by atoms with Crippen molar-refractivity contribution in [3.05, 3.63) is 0 Å². The average molecular weight is 154 g/mol. The van der Waals surface area contributed by atoms with Gasteiger partial charge in [0.15, 0.2) is 0 Å². The van der Waals surface area contributed by atoms with Crippen LogP contribution in [0.1, 0.15) is 39.5 Å². The van der Waals surface area contributed by atoms with Crippen LogP contribution in [0.3, 0.4) is 0 Å². The van der Waals surface area contributed by atoms with Gasteiger partial charge in [0.1, 0.15) is 0 Å². The van der Waals surface area contributed by atoms with Gasteiger partial charge in [-0.3, -0.25) is 0 Å². The van der Waals surface area contributed by atoms with Gasteiger partial charge in [0.05, 0.1) is 6.10 Å². The van der Waals surface area contributed by atoms with Gasteiger partial charge in [-0.15, -0.1) is 0 Å². The zero-order valence-electron chi connectivity index (χ0n) is 7.51. The molecule has 0 aromatic carbocycles. The highest BCUT2D eigenvalue weighted by Gasteiger charge is 2.51. The largest absolute Gasteiger partial charge is 0.393 e. The lowest BCUT2D eigenvalue weighted by molar-refractivity contribution is 0.0794. The molecule has 1 heteroatoms. The van der Waals surface area contributed by atoms with E-state index in [0.717, 1.165) is 12.3 Å². The van der Waals surface area contributed by atoms with Gasteiger partial charge in [0.25, 0.3) is 0 Å².